The zero-order chi connectivity index (χ0) is 27.1. The Labute approximate surface area is 209 Å². The van der Waals surface area contributed by atoms with Crippen LogP contribution < -0.4 is 9.80 Å². The van der Waals surface area contributed by atoms with Crippen LogP contribution in [0, 0.1) is 10.1 Å². The zero-order valence-electron chi connectivity index (χ0n) is 19.6. The van der Waals surface area contributed by atoms with E-state index >= 15 is 0 Å². The fraction of sp³-hybridized carbons (Fsp3) is 0.154. The predicted octanol–water partition coefficient (Wildman–Crippen LogP) is 5.31. The summed E-state index contributed by atoms with van der Waals surface area (Å²) in [6, 6.07) is 14.1. The van der Waals surface area contributed by atoms with E-state index in [-0.39, 0.29) is 16.9 Å². The summed E-state index contributed by atoms with van der Waals surface area (Å²) in [6.45, 7) is 0. The molecule has 1 heterocycles. The molecular formula is C26H20F3N3O5. The number of rotatable bonds is 5. The maximum Gasteiger partial charge on any atom is 0.416 e. The van der Waals surface area contributed by atoms with Crippen molar-refractivity contribution in [2.24, 2.45) is 0 Å². The van der Waals surface area contributed by atoms with Crippen LogP contribution in [-0.2, 0) is 15.8 Å². The molecule has 4 rings (SSSR count). The Morgan fingerprint density at radius 1 is 1.00 bits per heavy atom. The maximum absolute atomic E-state index is 13.4. The first-order valence-corrected chi connectivity index (χ1v) is 10.9. The van der Waals surface area contributed by atoms with Crippen LogP contribution in [0.2, 0.25) is 0 Å². The van der Waals surface area contributed by atoms with Gasteiger partial charge in [0.2, 0.25) is 0 Å². The summed E-state index contributed by atoms with van der Waals surface area (Å²) in [5, 5.41) is 22.3. The lowest BCUT2D eigenvalue weighted by Gasteiger charge is -2.26. The van der Waals surface area contributed by atoms with Gasteiger partial charge >= 0.3 is 6.18 Å². The van der Waals surface area contributed by atoms with Gasteiger partial charge in [-0.1, -0.05) is 30.3 Å². The molecule has 0 aromatic heterocycles. The number of nitro groups is 1. The van der Waals surface area contributed by atoms with Gasteiger partial charge in [-0.25, -0.2) is 0 Å². The Hall–Kier alpha value is -4.67. The van der Waals surface area contributed by atoms with Crippen molar-refractivity contribution in [2.75, 3.05) is 23.9 Å². The van der Waals surface area contributed by atoms with Gasteiger partial charge in [0.15, 0.2) is 0 Å². The van der Waals surface area contributed by atoms with Crippen LogP contribution in [-0.4, -0.2) is 35.8 Å². The molecule has 1 saturated heterocycles. The molecule has 1 N–H and O–H groups in total. The molecule has 1 aliphatic rings. The fourth-order valence-electron chi connectivity index (χ4n) is 4.12. The molecule has 3 aromatic rings. The number of benzene rings is 3. The molecule has 11 heteroatoms. The molecule has 1 unspecified atom stereocenters. The van der Waals surface area contributed by atoms with E-state index in [4.69, 9.17) is 0 Å². The molecule has 190 valence electrons. The van der Waals surface area contributed by atoms with Crippen LogP contribution in [0.3, 0.4) is 0 Å². The van der Waals surface area contributed by atoms with Crippen molar-refractivity contribution in [3.63, 3.8) is 0 Å². The SMILES string of the molecule is CN(C)c1ccc(C2/C(=C(/O)c3cccc([N+](=O)[O-])c3)C(=O)C(=O)N2c2cccc(C(F)(F)F)c2)cc1. The molecular weight excluding hydrogens is 491 g/mol. The number of aliphatic hydroxyl groups excluding tert-OH is 1. The summed E-state index contributed by atoms with van der Waals surface area (Å²) in [4.78, 5) is 39.6. The average Bonchev–Trinajstić information content (AvgIpc) is 3.13. The van der Waals surface area contributed by atoms with E-state index in [9.17, 15) is 38.0 Å². The molecule has 1 atom stereocenters. The molecule has 1 amide bonds. The lowest BCUT2D eigenvalue weighted by atomic mass is 9.94. The summed E-state index contributed by atoms with van der Waals surface area (Å²) in [5.41, 5.74) is -0.952. The number of Topliss-reactive ketones (excluding diaryl/α,β-unsaturated/α-hetero) is 1. The Morgan fingerprint density at radius 3 is 2.24 bits per heavy atom. The number of amides is 1. The van der Waals surface area contributed by atoms with Gasteiger partial charge in [-0.2, -0.15) is 13.2 Å². The van der Waals surface area contributed by atoms with Crippen molar-refractivity contribution >= 4 is 34.5 Å². The van der Waals surface area contributed by atoms with E-state index < -0.39 is 45.7 Å². The molecule has 37 heavy (non-hydrogen) atoms. The second-order valence-corrected chi connectivity index (χ2v) is 8.51. The third kappa shape index (κ3) is 4.75. The Balaban J connectivity index is 1.95. The third-order valence-corrected chi connectivity index (χ3v) is 5.95. The van der Waals surface area contributed by atoms with Crippen LogP contribution in [0.1, 0.15) is 22.7 Å². The molecule has 1 aliphatic heterocycles. The Kier molecular flexibility index (Phi) is 6.47. The van der Waals surface area contributed by atoms with Crippen LogP contribution in [0.15, 0.2) is 78.4 Å². The standard InChI is InChI=1S/C26H20F3N3O5/c1-30(2)18-11-9-15(10-12-18)22-21(23(33)16-5-3-8-20(13-16)32(36)37)24(34)25(35)31(22)19-7-4-6-17(14-19)26(27,28)29/h3-14,22,33H,1-2H3/b23-21-. The average molecular weight is 511 g/mol. The maximum atomic E-state index is 13.4. The van der Waals surface area contributed by atoms with Crippen LogP contribution >= 0.6 is 0 Å². The second kappa shape index (κ2) is 9.41. The van der Waals surface area contributed by atoms with Crippen molar-refractivity contribution in [1.82, 2.24) is 0 Å². The van der Waals surface area contributed by atoms with Crippen LogP contribution in [0.4, 0.5) is 30.2 Å². The number of carbonyl (C=O) groups is 2. The highest BCUT2D eigenvalue weighted by Gasteiger charge is 2.47. The number of aliphatic hydroxyl groups is 1. The second-order valence-electron chi connectivity index (χ2n) is 8.51. The van der Waals surface area contributed by atoms with Crippen molar-refractivity contribution in [2.45, 2.75) is 12.2 Å². The molecule has 0 bridgehead atoms. The van der Waals surface area contributed by atoms with E-state index in [2.05, 4.69) is 0 Å². The number of hydrogen-bond acceptors (Lipinski definition) is 6. The summed E-state index contributed by atoms with van der Waals surface area (Å²) < 4.78 is 40.3. The topological polar surface area (TPSA) is 104 Å². The molecule has 1 fully saturated rings. The van der Waals surface area contributed by atoms with Gasteiger partial charge in [0, 0.05) is 43.2 Å². The number of hydrogen-bond donors (Lipinski definition) is 1. The summed E-state index contributed by atoms with van der Waals surface area (Å²) in [6.07, 6.45) is -4.70. The number of non-ortho nitro benzene ring substituents is 1. The third-order valence-electron chi connectivity index (χ3n) is 5.95. The van der Waals surface area contributed by atoms with E-state index in [0.29, 0.717) is 5.56 Å². The molecule has 8 nitrogen and oxygen atoms in total. The highest BCUT2D eigenvalue weighted by atomic mass is 19.4. The van der Waals surface area contributed by atoms with Gasteiger partial charge in [-0.05, 0) is 35.9 Å². The highest BCUT2D eigenvalue weighted by molar-refractivity contribution is 6.51. The molecule has 0 spiro atoms. The number of nitrogens with zero attached hydrogens (tertiary/aromatic N) is 3. The van der Waals surface area contributed by atoms with Gasteiger partial charge in [0.1, 0.15) is 5.76 Å². The molecule has 0 radical (unpaired) electrons. The predicted molar refractivity (Wildman–Crippen MR) is 130 cm³/mol. The van der Waals surface area contributed by atoms with E-state index in [1.165, 1.54) is 24.3 Å². The first-order chi connectivity index (χ1) is 17.4. The molecule has 0 saturated carbocycles. The summed E-state index contributed by atoms with van der Waals surface area (Å²) in [7, 11) is 3.60. The Bertz CT molecular complexity index is 1430. The quantitative estimate of drug-likeness (QED) is 0.164. The fourth-order valence-corrected chi connectivity index (χ4v) is 4.12. The minimum Gasteiger partial charge on any atom is -0.507 e. The first-order valence-electron chi connectivity index (χ1n) is 10.9. The minimum atomic E-state index is -4.70. The largest absolute Gasteiger partial charge is 0.507 e. The van der Waals surface area contributed by atoms with E-state index in [1.54, 1.807) is 43.3 Å². The lowest BCUT2D eigenvalue weighted by molar-refractivity contribution is -0.384. The minimum absolute atomic E-state index is 0.0915. The molecule has 3 aromatic carbocycles. The summed E-state index contributed by atoms with van der Waals surface area (Å²) in [5.74, 6) is -2.96. The lowest BCUT2D eigenvalue weighted by Crippen LogP contribution is -2.29. The number of alkyl halides is 3. The van der Waals surface area contributed by atoms with Crippen molar-refractivity contribution in [3.8, 4) is 0 Å². The van der Waals surface area contributed by atoms with Crippen molar-refractivity contribution in [3.05, 3.63) is 105 Å². The number of nitro benzene ring substituents is 1. The van der Waals surface area contributed by atoms with Gasteiger partial charge in [0.25, 0.3) is 17.4 Å². The monoisotopic (exact) mass is 511 g/mol. The smallest absolute Gasteiger partial charge is 0.416 e. The number of ketones is 1. The van der Waals surface area contributed by atoms with E-state index in [0.717, 1.165) is 34.9 Å². The van der Waals surface area contributed by atoms with Gasteiger partial charge in [0.05, 0.1) is 22.1 Å². The van der Waals surface area contributed by atoms with Gasteiger partial charge in [-0.3, -0.25) is 24.6 Å². The molecule has 0 aliphatic carbocycles. The van der Waals surface area contributed by atoms with Gasteiger partial charge < -0.3 is 10.0 Å². The number of carbonyl (C=O) groups excluding carboxylic acids is 2. The van der Waals surface area contributed by atoms with Crippen LogP contribution in [0.25, 0.3) is 5.76 Å². The number of anilines is 2. The number of halogens is 3. The van der Waals surface area contributed by atoms with Crippen molar-refractivity contribution in [1.29, 1.82) is 0 Å². The summed E-state index contributed by atoms with van der Waals surface area (Å²) >= 11 is 0. The zero-order valence-corrected chi connectivity index (χ0v) is 19.6. The van der Waals surface area contributed by atoms with E-state index in [1.807, 2.05) is 0 Å². The Morgan fingerprint density at radius 2 is 1.65 bits per heavy atom. The highest BCUT2D eigenvalue weighted by Crippen LogP contribution is 2.43. The normalized spacial score (nSPS) is 17.2. The van der Waals surface area contributed by atoms with Crippen molar-refractivity contribution < 1.29 is 32.8 Å². The van der Waals surface area contributed by atoms with Gasteiger partial charge in [-0.15, -0.1) is 0 Å². The van der Waals surface area contributed by atoms with Crippen LogP contribution in [0.5, 0.6) is 0 Å². The first kappa shape index (κ1) is 25.4.